The van der Waals surface area contributed by atoms with Gasteiger partial charge in [-0.05, 0) is 24.6 Å². The van der Waals surface area contributed by atoms with Gasteiger partial charge in [0, 0.05) is 17.1 Å². The maximum atomic E-state index is 13.0. The average molecular weight is 376 g/mol. The highest BCUT2D eigenvalue weighted by Crippen LogP contribution is 2.30. The van der Waals surface area contributed by atoms with Crippen molar-refractivity contribution in [2.45, 2.75) is 13.5 Å². The number of amides is 1. The molecular formula is C20H16N4O2S. The average Bonchev–Trinajstić information content (AvgIpc) is 3.10. The van der Waals surface area contributed by atoms with Crippen molar-refractivity contribution in [2.75, 3.05) is 5.32 Å². The lowest BCUT2D eigenvalue weighted by Gasteiger charge is -2.07. The Morgan fingerprint density at radius 1 is 1.15 bits per heavy atom. The van der Waals surface area contributed by atoms with Crippen molar-refractivity contribution in [1.29, 1.82) is 0 Å². The van der Waals surface area contributed by atoms with E-state index in [9.17, 15) is 9.59 Å². The van der Waals surface area contributed by atoms with E-state index < -0.39 is 0 Å². The zero-order chi connectivity index (χ0) is 18.8. The highest BCUT2D eigenvalue weighted by molar-refractivity contribution is 7.17. The lowest BCUT2D eigenvalue weighted by Crippen LogP contribution is -2.28. The summed E-state index contributed by atoms with van der Waals surface area (Å²) in [6, 6.07) is 13.2. The van der Waals surface area contributed by atoms with Gasteiger partial charge >= 0.3 is 0 Å². The number of carbonyl (C=O) groups excluding carboxylic acids is 1. The Bertz CT molecular complexity index is 1160. The molecule has 27 heavy (non-hydrogen) atoms. The van der Waals surface area contributed by atoms with Gasteiger partial charge in [0.15, 0.2) is 0 Å². The third kappa shape index (κ3) is 3.50. The van der Waals surface area contributed by atoms with Gasteiger partial charge in [-0.15, -0.1) is 11.3 Å². The van der Waals surface area contributed by atoms with Crippen LogP contribution >= 0.6 is 11.3 Å². The Morgan fingerprint density at radius 3 is 2.70 bits per heavy atom. The SMILES string of the molecule is Cc1ccc(-c2csc3ncn(CC(=O)Nc4ccccn4)c(=O)c23)cc1. The molecule has 0 aliphatic heterocycles. The Balaban J connectivity index is 1.67. The van der Waals surface area contributed by atoms with Crippen molar-refractivity contribution in [3.05, 3.63) is 76.3 Å². The fourth-order valence-corrected chi connectivity index (χ4v) is 3.71. The first-order valence-electron chi connectivity index (χ1n) is 8.36. The summed E-state index contributed by atoms with van der Waals surface area (Å²) in [7, 11) is 0. The summed E-state index contributed by atoms with van der Waals surface area (Å²) >= 11 is 1.42. The minimum atomic E-state index is -0.330. The summed E-state index contributed by atoms with van der Waals surface area (Å²) in [6.07, 6.45) is 3.01. The second-order valence-electron chi connectivity index (χ2n) is 6.14. The molecule has 0 radical (unpaired) electrons. The van der Waals surface area contributed by atoms with Crippen LogP contribution < -0.4 is 10.9 Å². The standard InChI is InChI=1S/C20H16N4O2S/c1-13-5-7-14(8-6-13)15-11-27-19-18(15)20(26)24(12-22-19)10-17(25)23-16-4-2-3-9-21-16/h2-9,11-12H,10H2,1H3,(H,21,23,25). The minimum Gasteiger partial charge on any atom is -0.309 e. The second-order valence-corrected chi connectivity index (χ2v) is 6.99. The molecule has 0 atom stereocenters. The van der Waals surface area contributed by atoms with Gasteiger partial charge < -0.3 is 5.32 Å². The smallest absolute Gasteiger partial charge is 0.263 e. The van der Waals surface area contributed by atoms with Crippen LogP contribution in [0.5, 0.6) is 0 Å². The molecule has 0 spiro atoms. The number of nitrogens with one attached hydrogen (secondary N) is 1. The Morgan fingerprint density at radius 2 is 1.96 bits per heavy atom. The number of pyridine rings is 1. The molecule has 0 bridgehead atoms. The van der Waals surface area contributed by atoms with Gasteiger partial charge in [-0.1, -0.05) is 35.9 Å². The summed E-state index contributed by atoms with van der Waals surface area (Å²) in [4.78, 5) is 34.3. The van der Waals surface area contributed by atoms with Crippen LogP contribution in [0.4, 0.5) is 5.82 Å². The molecule has 1 N–H and O–H groups in total. The number of nitrogens with zero attached hydrogens (tertiary/aromatic N) is 3. The van der Waals surface area contributed by atoms with E-state index in [1.807, 2.05) is 36.6 Å². The van der Waals surface area contributed by atoms with E-state index in [0.29, 0.717) is 16.0 Å². The molecule has 3 aromatic heterocycles. The zero-order valence-corrected chi connectivity index (χ0v) is 15.4. The van der Waals surface area contributed by atoms with Gasteiger partial charge in [-0.25, -0.2) is 9.97 Å². The summed E-state index contributed by atoms with van der Waals surface area (Å²) < 4.78 is 1.32. The van der Waals surface area contributed by atoms with Crippen LogP contribution in [0.25, 0.3) is 21.3 Å². The molecule has 134 valence electrons. The van der Waals surface area contributed by atoms with Crippen molar-refractivity contribution >= 4 is 33.3 Å². The van der Waals surface area contributed by atoms with Crippen molar-refractivity contribution in [1.82, 2.24) is 14.5 Å². The van der Waals surface area contributed by atoms with Gasteiger partial charge in [0.05, 0.1) is 11.7 Å². The van der Waals surface area contributed by atoms with Gasteiger partial charge in [-0.3, -0.25) is 14.2 Å². The van der Waals surface area contributed by atoms with Crippen LogP contribution in [-0.2, 0) is 11.3 Å². The van der Waals surface area contributed by atoms with Gasteiger partial charge in [0.2, 0.25) is 5.91 Å². The number of carbonyl (C=O) groups is 1. The van der Waals surface area contributed by atoms with E-state index in [2.05, 4.69) is 15.3 Å². The number of fused-ring (bicyclic) bond motifs is 1. The highest BCUT2D eigenvalue weighted by Gasteiger charge is 2.15. The van der Waals surface area contributed by atoms with Crippen LogP contribution in [0.3, 0.4) is 0 Å². The Labute approximate surface area is 159 Å². The van der Waals surface area contributed by atoms with E-state index in [1.165, 1.54) is 22.2 Å². The molecule has 0 saturated carbocycles. The molecule has 0 saturated heterocycles. The molecule has 4 aromatic rings. The lowest BCUT2D eigenvalue weighted by molar-refractivity contribution is -0.116. The zero-order valence-electron chi connectivity index (χ0n) is 14.5. The number of thiophene rings is 1. The van der Waals surface area contributed by atoms with Crippen molar-refractivity contribution in [3.8, 4) is 11.1 Å². The van der Waals surface area contributed by atoms with E-state index in [-0.39, 0.29) is 18.0 Å². The Hall–Kier alpha value is -3.32. The molecule has 1 aromatic carbocycles. The fraction of sp³-hybridized carbons (Fsp3) is 0.100. The predicted octanol–water partition coefficient (Wildman–Crippen LogP) is 3.47. The third-order valence-electron chi connectivity index (χ3n) is 4.17. The first kappa shape index (κ1) is 17.1. The van der Waals surface area contributed by atoms with E-state index in [4.69, 9.17) is 0 Å². The maximum absolute atomic E-state index is 13.0. The quantitative estimate of drug-likeness (QED) is 0.592. The summed E-state index contributed by atoms with van der Waals surface area (Å²) in [5, 5.41) is 5.15. The number of hydrogen-bond acceptors (Lipinski definition) is 5. The molecule has 1 amide bonds. The topological polar surface area (TPSA) is 76.9 Å². The van der Waals surface area contributed by atoms with Crippen molar-refractivity contribution in [2.24, 2.45) is 0 Å². The molecule has 3 heterocycles. The summed E-state index contributed by atoms with van der Waals surface area (Å²) in [5.41, 5.74) is 2.72. The first-order valence-corrected chi connectivity index (χ1v) is 9.24. The molecule has 4 rings (SSSR count). The molecule has 6 nitrogen and oxygen atoms in total. The van der Waals surface area contributed by atoms with Gasteiger partial charge in [-0.2, -0.15) is 0 Å². The van der Waals surface area contributed by atoms with Crippen LogP contribution in [0.1, 0.15) is 5.56 Å². The van der Waals surface area contributed by atoms with Gasteiger partial charge in [0.25, 0.3) is 5.56 Å². The normalized spacial score (nSPS) is 10.9. The van der Waals surface area contributed by atoms with Crippen LogP contribution in [0, 0.1) is 6.92 Å². The van der Waals surface area contributed by atoms with Crippen molar-refractivity contribution < 1.29 is 4.79 Å². The lowest BCUT2D eigenvalue weighted by atomic mass is 10.1. The molecule has 0 aliphatic rings. The van der Waals surface area contributed by atoms with Crippen LogP contribution in [0.15, 0.2) is 65.2 Å². The number of benzene rings is 1. The van der Waals surface area contributed by atoms with Crippen molar-refractivity contribution in [3.63, 3.8) is 0 Å². The number of hydrogen-bond donors (Lipinski definition) is 1. The predicted molar refractivity (Wildman–Crippen MR) is 107 cm³/mol. The number of aryl methyl sites for hydroxylation is 1. The molecule has 0 unspecified atom stereocenters. The monoisotopic (exact) mass is 376 g/mol. The van der Waals surface area contributed by atoms with Crippen LogP contribution in [0.2, 0.25) is 0 Å². The maximum Gasteiger partial charge on any atom is 0.263 e. The summed E-state index contributed by atoms with van der Waals surface area (Å²) in [6.45, 7) is 1.89. The third-order valence-corrected chi connectivity index (χ3v) is 5.06. The van der Waals surface area contributed by atoms with E-state index >= 15 is 0 Å². The summed E-state index contributed by atoms with van der Waals surface area (Å²) in [5.74, 6) is 0.115. The molecule has 0 fully saturated rings. The fourth-order valence-electron chi connectivity index (χ4n) is 2.80. The minimum absolute atomic E-state index is 0.123. The van der Waals surface area contributed by atoms with Gasteiger partial charge in [0.1, 0.15) is 17.2 Å². The second kappa shape index (κ2) is 7.13. The number of anilines is 1. The number of aromatic nitrogens is 3. The highest BCUT2D eigenvalue weighted by atomic mass is 32.1. The Kier molecular flexibility index (Phi) is 4.52. The van der Waals surface area contributed by atoms with E-state index in [0.717, 1.165) is 16.7 Å². The molecule has 7 heteroatoms. The van der Waals surface area contributed by atoms with E-state index in [1.54, 1.807) is 24.4 Å². The molecular weight excluding hydrogens is 360 g/mol. The van der Waals surface area contributed by atoms with Crippen LogP contribution in [-0.4, -0.2) is 20.4 Å². The first-order chi connectivity index (χ1) is 13.1. The molecule has 0 aliphatic carbocycles. The number of rotatable bonds is 4. The largest absolute Gasteiger partial charge is 0.309 e.